The van der Waals surface area contributed by atoms with Crippen LogP contribution in [-0.4, -0.2) is 24.1 Å². The molecule has 0 aromatic rings. The van der Waals surface area contributed by atoms with Crippen molar-refractivity contribution in [2.45, 2.75) is 44.8 Å². The molecule has 1 aliphatic heterocycles. The zero-order valence-corrected chi connectivity index (χ0v) is 8.19. The van der Waals surface area contributed by atoms with Gasteiger partial charge >= 0.3 is 11.9 Å². The van der Waals surface area contributed by atoms with Gasteiger partial charge in [-0.3, -0.25) is 9.59 Å². The number of carbonyl (C=O) groups is 2. The maximum absolute atomic E-state index is 11.4. The Balaban J connectivity index is 2.14. The number of hydrogen-bond acceptors (Lipinski definition) is 4. The van der Waals surface area contributed by atoms with Gasteiger partial charge in [-0.05, 0) is 32.6 Å². The zero-order valence-electron chi connectivity index (χ0n) is 8.19. The van der Waals surface area contributed by atoms with Crippen molar-refractivity contribution in [3.8, 4) is 0 Å². The Bertz CT molecular complexity index is 235. The Morgan fingerprint density at radius 3 is 1.86 bits per heavy atom. The Morgan fingerprint density at radius 1 is 1.00 bits per heavy atom. The van der Waals surface area contributed by atoms with Crippen LogP contribution >= 0.6 is 0 Å². The van der Waals surface area contributed by atoms with Gasteiger partial charge in [0, 0.05) is 0 Å². The molecule has 1 saturated heterocycles. The van der Waals surface area contributed by atoms with Gasteiger partial charge in [-0.25, -0.2) is 0 Å². The molecule has 2 unspecified atom stereocenters. The van der Waals surface area contributed by atoms with Crippen LogP contribution < -0.4 is 0 Å². The lowest BCUT2D eigenvalue weighted by Gasteiger charge is -2.27. The molecule has 2 rings (SSSR count). The van der Waals surface area contributed by atoms with Crippen LogP contribution in [0.4, 0.5) is 0 Å². The molecule has 0 bridgehead atoms. The summed E-state index contributed by atoms with van der Waals surface area (Å²) < 4.78 is 10.4. The third-order valence-electron chi connectivity index (χ3n) is 2.88. The molecule has 1 saturated carbocycles. The normalized spacial score (nSPS) is 37.9. The predicted octanol–water partition coefficient (Wildman–Crippen LogP) is 1.03. The molecule has 2 atom stereocenters. The summed E-state index contributed by atoms with van der Waals surface area (Å²) >= 11 is 0. The SMILES string of the molecule is CC1C(=O)OC2CCCCC2OC1=O. The summed E-state index contributed by atoms with van der Waals surface area (Å²) in [4.78, 5) is 22.7. The Hall–Kier alpha value is -1.06. The highest BCUT2D eigenvalue weighted by molar-refractivity contribution is 5.95. The quantitative estimate of drug-likeness (QED) is 0.431. The van der Waals surface area contributed by atoms with Gasteiger partial charge in [0.2, 0.25) is 0 Å². The fraction of sp³-hybridized carbons (Fsp3) is 0.800. The molecule has 0 radical (unpaired) electrons. The summed E-state index contributed by atoms with van der Waals surface area (Å²) in [6.45, 7) is 1.53. The molecule has 4 heteroatoms. The van der Waals surface area contributed by atoms with E-state index in [2.05, 4.69) is 0 Å². The molecule has 0 aromatic carbocycles. The highest BCUT2D eigenvalue weighted by atomic mass is 16.6. The average Bonchev–Trinajstić information content (AvgIpc) is 2.28. The Morgan fingerprint density at radius 2 is 1.43 bits per heavy atom. The van der Waals surface area contributed by atoms with Crippen molar-refractivity contribution in [3.05, 3.63) is 0 Å². The van der Waals surface area contributed by atoms with Crippen molar-refractivity contribution >= 4 is 11.9 Å². The van der Waals surface area contributed by atoms with Crippen molar-refractivity contribution in [2.75, 3.05) is 0 Å². The monoisotopic (exact) mass is 198 g/mol. The lowest BCUT2D eigenvalue weighted by Crippen LogP contribution is -2.34. The fourth-order valence-electron chi connectivity index (χ4n) is 1.93. The minimum atomic E-state index is -0.763. The lowest BCUT2D eigenvalue weighted by molar-refractivity contribution is -0.154. The molecule has 0 amide bonds. The number of carbonyl (C=O) groups excluding carboxylic acids is 2. The van der Waals surface area contributed by atoms with Gasteiger partial charge in [0.05, 0.1) is 0 Å². The van der Waals surface area contributed by atoms with E-state index in [4.69, 9.17) is 9.47 Å². The molecule has 0 N–H and O–H groups in total. The predicted molar refractivity (Wildman–Crippen MR) is 47.4 cm³/mol. The molecule has 2 aliphatic rings. The number of ether oxygens (including phenoxy) is 2. The topological polar surface area (TPSA) is 52.6 Å². The minimum Gasteiger partial charge on any atom is -0.458 e. The van der Waals surface area contributed by atoms with Gasteiger partial charge in [0.15, 0.2) is 5.92 Å². The van der Waals surface area contributed by atoms with E-state index in [0.29, 0.717) is 0 Å². The van der Waals surface area contributed by atoms with E-state index in [-0.39, 0.29) is 12.2 Å². The van der Waals surface area contributed by atoms with Crippen LogP contribution in [0.3, 0.4) is 0 Å². The van der Waals surface area contributed by atoms with Crippen LogP contribution in [0.2, 0.25) is 0 Å². The molecule has 2 fully saturated rings. The van der Waals surface area contributed by atoms with Crippen LogP contribution in [0.25, 0.3) is 0 Å². The summed E-state index contributed by atoms with van der Waals surface area (Å²) in [7, 11) is 0. The second-order valence-electron chi connectivity index (χ2n) is 3.96. The van der Waals surface area contributed by atoms with Gasteiger partial charge in [-0.2, -0.15) is 0 Å². The molecule has 0 aromatic heterocycles. The van der Waals surface area contributed by atoms with Gasteiger partial charge in [0.25, 0.3) is 0 Å². The first-order chi connectivity index (χ1) is 6.68. The highest BCUT2D eigenvalue weighted by Crippen LogP contribution is 2.27. The lowest BCUT2D eigenvalue weighted by atomic mass is 9.95. The van der Waals surface area contributed by atoms with E-state index in [1.54, 1.807) is 0 Å². The molecular formula is C10H14O4. The van der Waals surface area contributed by atoms with E-state index in [1.807, 2.05) is 0 Å². The smallest absolute Gasteiger partial charge is 0.320 e. The van der Waals surface area contributed by atoms with E-state index < -0.39 is 17.9 Å². The maximum Gasteiger partial charge on any atom is 0.320 e. The standard InChI is InChI=1S/C10H14O4/c1-6-9(11)13-7-4-2-3-5-8(7)14-10(6)12/h6-8H,2-5H2,1H3. The summed E-state index contributed by atoms with van der Waals surface area (Å²) in [5.74, 6) is -1.64. The number of fused-ring (bicyclic) bond motifs is 1. The van der Waals surface area contributed by atoms with Crippen molar-refractivity contribution in [1.29, 1.82) is 0 Å². The van der Waals surface area contributed by atoms with Crippen LogP contribution in [-0.2, 0) is 19.1 Å². The first-order valence-corrected chi connectivity index (χ1v) is 5.09. The van der Waals surface area contributed by atoms with E-state index >= 15 is 0 Å². The molecule has 4 nitrogen and oxygen atoms in total. The largest absolute Gasteiger partial charge is 0.458 e. The second kappa shape index (κ2) is 3.59. The second-order valence-corrected chi connectivity index (χ2v) is 3.96. The summed E-state index contributed by atoms with van der Waals surface area (Å²) in [5.41, 5.74) is 0. The molecule has 0 spiro atoms. The maximum atomic E-state index is 11.4. The first-order valence-electron chi connectivity index (χ1n) is 5.09. The number of hydrogen-bond donors (Lipinski definition) is 0. The van der Waals surface area contributed by atoms with Crippen LogP contribution in [0.15, 0.2) is 0 Å². The zero-order chi connectivity index (χ0) is 10.1. The van der Waals surface area contributed by atoms with Crippen molar-refractivity contribution in [2.24, 2.45) is 5.92 Å². The average molecular weight is 198 g/mol. The van der Waals surface area contributed by atoms with Gasteiger partial charge in [-0.15, -0.1) is 0 Å². The Kier molecular flexibility index (Phi) is 2.44. The highest BCUT2D eigenvalue weighted by Gasteiger charge is 2.39. The van der Waals surface area contributed by atoms with Gasteiger partial charge in [-0.1, -0.05) is 0 Å². The molecule has 1 heterocycles. The van der Waals surface area contributed by atoms with Crippen molar-refractivity contribution < 1.29 is 19.1 Å². The number of esters is 2. The number of rotatable bonds is 0. The van der Waals surface area contributed by atoms with Crippen LogP contribution in [0.1, 0.15) is 32.6 Å². The van der Waals surface area contributed by atoms with Gasteiger partial charge < -0.3 is 9.47 Å². The van der Waals surface area contributed by atoms with E-state index in [0.717, 1.165) is 25.7 Å². The van der Waals surface area contributed by atoms with Gasteiger partial charge in [0.1, 0.15) is 12.2 Å². The van der Waals surface area contributed by atoms with Crippen molar-refractivity contribution in [1.82, 2.24) is 0 Å². The first kappa shape index (κ1) is 9.49. The third kappa shape index (κ3) is 1.61. The summed E-state index contributed by atoms with van der Waals surface area (Å²) in [6.07, 6.45) is 3.31. The summed E-state index contributed by atoms with van der Waals surface area (Å²) in [5, 5.41) is 0. The minimum absolute atomic E-state index is 0.204. The van der Waals surface area contributed by atoms with Crippen LogP contribution in [0.5, 0.6) is 0 Å². The van der Waals surface area contributed by atoms with E-state index in [1.165, 1.54) is 6.92 Å². The molecule has 14 heavy (non-hydrogen) atoms. The molecule has 78 valence electrons. The van der Waals surface area contributed by atoms with E-state index in [9.17, 15) is 9.59 Å². The van der Waals surface area contributed by atoms with Crippen molar-refractivity contribution in [3.63, 3.8) is 0 Å². The molecular weight excluding hydrogens is 184 g/mol. The van der Waals surface area contributed by atoms with Crippen LogP contribution in [0, 0.1) is 5.92 Å². The molecule has 1 aliphatic carbocycles. The summed E-state index contributed by atoms with van der Waals surface area (Å²) in [6, 6.07) is 0. The fourth-order valence-corrected chi connectivity index (χ4v) is 1.93. The Labute approximate surface area is 82.6 Å². The third-order valence-corrected chi connectivity index (χ3v) is 2.88.